The largest absolute Gasteiger partial charge is 0.387 e. The molecular formula is C10H13INO+. The van der Waals surface area contributed by atoms with Gasteiger partial charge in [0.15, 0.2) is 3.57 Å². The number of hydrogen-bond donors (Lipinski definition) is 1. The molecule has 0 bridgehead atoms. The number of aliphatic hydroxyl groups is 1. The van der Waals surface area contributed by atoms with Crippen molar-refractivity contribution in [3.05, 3.63) is 26.6 Å². The highest BCUT2D eigenvalue weighted by Gasteiger charge is 2.24. The Morgan fingerprint density at radius 3 is 3.15 bits per heavy atom. The van der Waals surface area contributed by atoms with Crippen LogP contribution in [0.15, 0.2) is 6.07 Å². The lowest BCUT2D eigenvalue weighted by molar-refractivity contribution is -0.330. The molecule has 1 unspecified atom stereocenters. The van der Waals surface area contributed by atoms with Gasteiger partial charge in [-0.05, 0) is 26.2 Å². The molecule has 2 nitrogen and oxygen atoms in total. The van der Waals surface area contributed by atoms with Gasteiger partial charge in [-0.1, -0.05) is 0 Å². The predicted molar refractivity (Wildman–Crippen MR) is 47.0 cm³/mol. The van der Waals surface area contributed by atoms with Crippen LogP contribution < -0.4 is 22.6 Å². The molecule has 0 saturated heterocycles. The Morgan fingerprint density at radius 2 is 2.38 bits per heavy atom. The van der Waals surface area contributed by atoms with E-state index in [1.165, 1.54) is 9.13 Å². The zero-order valence-corrected chi connectivity index (χ0v) is 9.91. The molecule has 1 heterocycles. The fourth-order valence-electron chi connectivity index (χ4n) is 1.83. The normalized spacial score (nSPS) is 21.3. The molecule has 13 heavy (non-hydrogen) atoms. The van der Waals surface area contributed by atoms with Gasteiger partial charge in [0.25, 0.3) is 22.6 Å². The molecule has 1 aromatic heterocycles. The second-order valence-electron chi connectivity index (χ2n) is 3.53. The van der Waals surface area contributed by atoms with Crippen molar-refractivity contribution in [2.24, 2.45) is 0 Å². The van der Waals surface area contributed by atoms with Crippen LogP contribution in [-0.4, -0.2) is 10.1 Å². The summed E-state index contributed by atoms with van der Waals surface area (Å²) < 4.78 is 1.29. The van der Waals surface area contributed by atoms with E-state index < -0.39 is 0 Å². The minimum absolute atomic E-state index is 0.330. The first kappa shape index (κ1) is 9.40. The lowest BCUT2D eigenvalue weighted by Gasteiger charge is -2.19. The van der Waals surface area contributed by atoms with E-state index in [-0.39, 0.29) is 6.10 Å². The van der Waals surface area contributed by atoms with Crippen LogP contribution in [0.25, 0.3) is 0 Å². The quantitative estimate of drug-likeness (QED) is 0.573. The van der Waals surface area contributed by atoms with Gasteiger partial charge in [-0.15, -0.1) is 0 Å². The first-order valence-corrected chi connectivity index (χ1v) is 5.70. The van der Waals surface area contributed by atoms with E-state index in [0.717, 1.165) is 30.7 Å². The zero-order chi connectivity index (χ0) is 9.42. The minimum atomic E-state index is -0.330. The molecule has 1 N–H and O–H groups in total. The summed E-state index contributed by atoms with van der Waals surface area (Å²) in [6.45, 7) is 1.98. The Morgan fingerprint density at radius 1 is 1.62 bits per heavy atom. The van der Waals surface area contributed by atoms with Gasteiger partial charge in [0, 0.05) is 17.3 Å². The van der Waals surface area contributed by atoms with Crippen LogP contribution in [0.3, 0.4) is 0 Å². The van der Waals surface area contributed by atoms with Crippen molar-refractivity contribution >= 4 is 0 Å². The Bertz CT molecular complexity index is 338. The van der Waals surface area contributed by atoms with Crippen LogP contribution >= 0.6 is 0 Å². The highest BCUT2D eigenvalue weighted by molar-refractivity contribution is 5.25. The smallest absolute Gasteiger partial charge is 0.297 e. The van der Waals surface area contributed by atoms with Crippen molar-refractivity contribution in [2.75, 3.05) is 0 Å². The van der Waals surface area contributed by atoms with E-state index in [4.69, 9.17) is 0 Å². The van der Waals surface area contributed by atoms with Gasteiger partial charge in [0.2, 0.25) is 0 Å². The van der Waals surface area contributed by atoms with Crippen molar-refractivity contribution in [2.45, 2.75) is 32.3 Å². The zero-order valence-electron chi connectivity index (χ0n) is 7.58. The maximum atomic E-state index is 9.75. The SMILES string of the molecule is Cc1cc([IH+])c2c(n1)C(O)CCC2. The highest BCUT2D eigenvalue weighted by Crippen LogP contribution is 2.27. The number of aliphatic hydroxyl groups excluding tert-OH is 1. The van der Waals surface area contributed by atoms with Gasteiger partial charge in [-0.3, -0.25) is 4.98 Å². The van der Waals surface area contributed by atoms with Crippen LogP contribution in [0.5, 0.6) is 0 Å². The van der Waals surface area contributed by atoms with E-state index in [2.05, 4.69) is 11.1 Å². The number of fused-ring (bicyclic) bond motifs is 1. The third-order valence-electron chi connectivity index (χ3n) is 2.46. The standard InChI is InChI=1S/C10H13INO/c1-6-5-8(11)7-3-2-4-9(13)10(7)12-6/h5,9,11,13H,2-4H2,1H3/q+1. The van der Waals surface area contributed by atoms with Gasteiger partial charge < -0.3 is 5.11 Å². The van der Waals surface area contributed by atoms with Gasteiger partial charge in [-0.25, -0.2) is 0 Å². The summed E-state index contributed by atoms with van der Waals surface area (Å²) in [4.78, 5) is 4.41. The molecule has 0 fully saturated rings. The number of aryl methyl sites for hydroxylation is 1. The molecule has 0 radical (unpaired) electrons. The average Bonchev–Trinajstić information content (AvgIpc) is 2.07. The summed E-state index contributed by atoms with van der Waals surface area (Å²) in [7, 11) is 0. The Hall–Kier alpha value is -0.160. The van der Waals surface area contributed by atoms with Crippen LogP contribution in [0.1, 0.15) is 35.9 Å². The Labute approximate surface area is 91.5 Å². The van der Waals surface area contributed by atoms with Gasteiger partial charge in [-0.2, -0.15) is 0 Å². The summed E-state index contributed by atoms with van der Waals surface area (Å²) in [5, 5.41) is 9.75. The highest BCUT2D eigenvalue weighted by atomic mass is 127. The van der Waals surface area contributed by atoms with E-state index in [1.807, 2.05) is 29.5 Å². The van der Waals surface area contributed by atoms with E-state index in [9.17, 15) is 5.11 Å². The first-order chi connectivity index (χ1) is 6.18. The lowest BCUT2D eigenvalue weighted by atomic mass is 9.93. The molecule has 0 amide bonds. The van der Waals surface area contributed by atoms with Crippen LogP contribution in [0.2, 0.25) is 0 Å². The maximum absolute atomic E-state index is 9.75. The molecule has 0 aliphatic heterocycles. The summed E-state index contributed by atoms with van der Waals surface area (Å²) in [6.07, 6.45) is 2.70. The fraction of sp³-hybridized carbons (Fsp3) is 0.500. The predicted octanol–water partition coefficient (Wildman–Crippen LogP) is -1.79. The van der Waals surface area contributed by atoms with Crippen LogP contribution in [0.4, 0.5) is 0 Å². The third kappa shape index (κ3) is 1.72. The molecule has 1 aromatic rings. The molecule has 70 valence electrons. The first-order valence-electron chi connectivity index (χ1n) is 4.54. The summed E-state index contributed by atoms with van der Waals surface area (Å²) in [5.74, 6) is 0. The van der Waals surface area contributed by atoms with Crippen LogP contribution in [0, 0.1) is 10.5 Å². The van der Waals surface area contributed by atoms with Gasteiger partial charge in [0.1, 0.15) is 0 Å². The molecule has 2 rings (SSSR count). The maximum Gasteiger partial charge on any atom is 0.297 e. The van der Waals surface area contributed by atoms with Gasteiger partial charge >= 0.3 is 0 Å². The number of rotatable bonds is 0. The van der Waals surface area contributed by atoms with Crippen molar-refractivity contribution < 1.29 is 27.7 Å². The second-order valence-corrected chi connectivity index (χ2v) is 4.79. The number of hydrogen-bond acceptors (Lipinski definition) is 2. The number of pyridine rings is 1. The van der Waals surface area contributed by atoms with Gasteiger partial charge in [0.05, 0.1) is 11.8 Å². The van der Waals surface area contributed by atoms with Crippen LogP contribution in [-0.2, 0) is 6.42 Å². The molecule has 1 aliphatic carbocycles. The third-order valence-corrected chi connectivity index (χ3v) is 3.50. The van der Waals surface area contributed by atoms with Crippen molar-refractivity contribution in [1.82, 2.24) is 4.98 Å². The Kier molecular flexibility index (Phi) is 2.55. The molecule has 3 heteroatoms. The van der Waals surface area contributed by atoms with Crippen molar-refractivity contribution in [3.8, 4) is 0 Å². The molecule has 0 saturated carbocycles. The molecule has 0 spiro atoms. The molecule has 1 atom stereocenters. The summed E-state index contributed by atoms with van der Waals surface area (Å²) >= 11 is 2.03. The Balaban J connectivity index is 2.56. The van der Waals surface area contributed by atoms with Crippen molar-refractivity contribution in [1.29, 1.82) is 0 Å². The number of nitrogens with zero attached hydrogens (tertiary/aromatic N) is 1. The van der Waals surface area contributed by atoms with Crippen molar-refractivity contribution in [3.63, 3.8) is 0 Å². The van der Waals surface area contributed by atoms with E-state index in [1.54, 1.807) is 0 Å². The number of aromatic nitrogens is 1. The average molecular weight is 290 g/mol. The lowest BCUT2D eigenvalue weighted by Crippen LogP contribution is -3.34. The fourth-order valence-corrected chi connectivity index (χ4v) is 2.91. The topological polar surface area (TPSA) is 33.1 Å². The molecule has 0 aromatic carbocycles. The second kappa shape index (κ2) is 3.53. The summed E-state index contributed by atoms with van der Waals surface area (Å²) in [6, 6.07) is 2.10. The molecule has 1 aliphatic rings. The van der Waals surface area contributed by atoms with E-state index >= 15 is 0 Å². The monoisotopic (exact) mass is 290 g/mol. The number of halogens is 1. The van der Waals surface area contributed by atoms with E-state index in [0.29, 0.717) is 0 Å². The minimum Gasteiger partial charge on any atom is -0.387 e. The summed E-state index contributed by atoms with van der Waals surface area (Å²) in [5.41, 5.74) is 3.21. The molecular weight excluding hydrogens is 277 g/mol.